The highest BCUT2D eigenvalue weighted by Gasteiger charge is 2.34. The Kier molecular flexibility index (Phi) is 5.75. The molecule has 7 heteroatoms. The molecular weight excluding hydrogens is 410 g/mol. The smallest absolute Gasteiger partial charge is 0.233 e. The van der Waals surface area contributed by atoms with Crippen LogP contribution in [-0.4, -0.2) is 42.5 Å². The Balaban J connectivity index is 1.48. The number of amides is 1. The highest BCUT2D eigenvalue weighted by Crippen LogP contribution is 2.26. The highest BCUT2D eigenvalue weighted by atomic mass is 32.2. The van der Waals surface area contributed by atoms with Crippen molar-refractivity contribution < 1.29 is 13.2 Å². The molecule has 1 atom stereocenters. The zero-order valence-electron chi connectivity index (χ0n) is 15.3. The van der Waals surface area contributed by atoms with Gasteiger partial charge < -0.3 is 4.90 Å². The maximum atomic E-state index is 13.0. The molecule has 0 spiro atoms. The van der Waals surface area contributed by atoms with Gasteiger partial charge in [-0.1, -0.05) is 36.4 Å². The van der Waals surface area contributed by atoms with Gasteiger partial charge in [0.05, 0.1) is 23.8 Å². The van der Waals surface area contributed by atoms with Crippen molar-refractivity contribution >= 4 is 49.6 Å². The Morgan fingerprint density at radius 3 is 2.64 bits per heavy atom. The first-order valence-corrected chi connectivity index (χ1v) is 12.8. The molecule has 0 saturated carbocycles. The number of sulfone groups is 1. The maximum absolute atomic E-state index is 13.0. The molecule has 146 valence electrons. The first kappa shape index (κ1) is 19.5. The van der Waals surface area contributed by atoms with E-state index in [4.69, 9.17) is 0 Å². The number of carbonyl (C=O) groups is 1. The van der Waals surface area contributed by atoms with Crippen LogP contribution in [0.5, 0.6) is 0 Å². The van der Waals surface area contributed by atoms with Crippen LogP contribution in [0.25, 0.3) is 10.8 Å². The molecule has 0 unspecified atom stereocenters. The molecule has 28 heavy (non-hydrogen) atoms. The summed E-state index contributed by atoms with van der Waals surface area (Å²) in [5, 5.41) is 4.30. The van der Waals surface area contributed by atoms with Crippen LogP contribution >= 0.6 is 23.1 Å². The summed E-state index contributed by atoms with van der Waals surface area (Å²) >= 11 is 3.10. The van der Waals surface area contributed by atoms with Crippen LogP contribution in [0.4, 0.5) is 0 Å². The molecule has 0 aliphatic carbocycles. The van der Waals surface area contributed by atoms with E-state index >= 15 is 0 Å². The SMILES string of the molecule is O=C(CSc1ccc2ccccc2c1)N(Cc1cccs1)[C@H]1CCS(=O)(=O)C1. The number of benzene rings is 2. The lowest BCUT2D eigenvalue weighted by Gasteiger charge is -2.28. The molecule has 1 aliphatic rings. The topological polar surface area (TPSA) is 54.5 Å². The van der Waals surface area contributed by atoms with E-state index in [9.17, 15) is 13.2 Å². The molecule has 1 fully saturated rings. The number of nitrogens with zero attached hydrogens (tertiary/aromatic N) is 1. The Morgan fingerprint density at radius 2 is 1.93 bits per heavy atom. The van der Waals surface area contributed by atoms with Crippen LogP contribution in [0.1, 0.15) is 11.3 Å². The van der Waals surface area contributed by atoms with E-state index in [2.05, 4.69) is 24.3 Å². The minimum absolute atomic E-state index is 0.00587. The average Bonchev–Trinajstić information content (AvgIpc) is 3.33. The van der Waals surface area contributed by atoms with Crippen molar-refractivity contribution in [3.05, 3.63) is 64.9 Å². The third kappa shape index (κ3) is 4.59. The standard InChI is InChI=1S/C21H21NO3S3/c23-21(14-27-19-8-7-16-4-1-2-5-17(16)12-19)22(13-20-6-3-10-26-20)18-9-11-28(24,25)15-18/h1-8,10,12,18H,9,11,13-15H2/t18-/m0/s1. The van der Waals surface area contributed by atoms with Gasteiger partial charge in [0, 0.05) is 15.8 Å². The Bertz CT molecular complexity index is 1080. The van der Waals surface area contributed by atoms with Crippen LogP contribution in [0.2, 0.25) is 0 Å². The van der Waals surface area contributed by atoms with Crippen LogP contribution < -0.4 is 0 Å². The van der Waals surface area contributed by atoms with Crippen LogP contribution in [-0.2, 0) is 21.2 Å². The Labute approximate surface area is 173 Å². The second-order valence-electron chi connectivity index (χ2n) is 6.96. The minimum Gasteiger partial charge on any atom is -0.333 e. The molecule has 4 rings (SSSR count). The van der Waals surface area contributed by atoms with Gasteiger partial charge in [0.25, 0.3) is 0 Å². The molecule has 2 heterocycles. The van der Waals surface area contributed by atoms with Gasteiger partial charge in [-0.25, -0.2) is 8.42 Å². The zero-order chi connectivity index (χ0) is 19.6. The van der Waals surface area contributed by atoms with Crippen LogP contribution in [0.3, 0.4) is 0 Å². The fourth-order valence-electron chi connectivity index (χ4n) is 3.50. The highest BCUT2D eigenvalue weighted by molar-refractivity contribution is 8.00. The van der Waals surface area contributed by atoms with E-state index in [1.807, 2.05) is 35.7 Å². The summed E-state index contributed by atoms with van der Waals surface area (Å²) in [6.07, 6.45) is 0.528. The molecule has 0 N–H and O–H groups in total. The third-order valence-electron chi connectivity index (χ3n) is 4.96. The predicted molar refractivity (Wildman–Crippen MR) is 117 cm³/mol. The quantitative estimate of drug-likeness (QED) is 0.549. The molecule has 1 aromatic heterocycles. The molecule has 1 saturated heterocycles. The predicted octanol–water partition coefficient (Wildman–Crippen LogP) is 4.21. The van der Waals surface area contributed by atoms with Crippen molar-refractivity contribution in [3.63, 3.8) is 0 Å². The van der Waals surface area contributed by atoms with Gasteiger partial charge in [-0.05, 0) is 40.8 Å². The van der Waals surface area contributed by atoms with Gasteiger partial charge in [-0.15, -0.1) is 23.1 Å². The lowest BCUT2D eigenvalue weighted by molar-refractivity contribution is -0.130. The second kappa shape index (κ2) is 8.27. The van der Waals surface area contributed by atoms with E-state index in [1.165, 1.54) is 17.1 Å². The zero-order valence-corrected chi connectivity index (χ0v) is 17.7. The van der Waals surface area contributed by atoms with E-state index in [-0.39, 0.29) is 23.5 Å². The summed E-state index contributed by atoms with van der Waals surface area (Å²) < 4.78 is 23.9. The molecular formula is C21H21NO3S3. The monoisotopic (exact) mass is 431 g/mol. The molecule has 1 aliphatic heterocycles. The normalized spacial score (nSPS) is 18.4. The van der Waals surface area contributed by atoms with Gasteiger partial charge in [0.1, 0.15) is 0 Å². The van der Waals surface area contributed by atoms with Gasteiger partial charge >= 0.3 is 0 Å². The van der Waals surface area contributed by atoms with Crippen molar-refractivity contribution in [2.75, 3.05) is 17.3 Å². The lowest BCUT2D eigenvalue weighted by atomic mass is 10.1. The van der Waals surface area contributed by atoms with E-state index in [1.54, 1.807) is 16.2 Å². The van der Waals surface area contributed by atoms with Crippen LogP contribution in [0, 0.1) is 0 Å². The number of fused-ring (bicyclic) bond motifs is 1. The number of carbonyl (C=O) groups excluding carboxylic acids is 1. The summed E-state index contributed by atoms with van der Waals surface area (Å²) in [4.78, 5) is 16.9. The van der Waals surface area contributed by atoms with Crippen molar-refractivity contribution in [3.8, 4) is 0 Å². The first-order valence-electron chi connectivity index (χ1n) is 9.14. The second-order valence-corrected chi connectivity index (χ2v) is 11.3. The summed E-state index contributed by atoms with van der Waals surface area (Å²) in [6, 6.07) is 18.1. The summed E-state index contributed by atoms with van der Waals surface area (Å²) in [7, 11) is -3.04. The number of thiophene rings is 1. The largest absolute Gasteiger partial charge is 0.333 e. The maximum Gasteiger partial charge on any atom is 0.233 e. The number of hydrogen-bond acceptors (Lipinski definition) is 5. The molecule has 3 aromatic rings. The van der Waals surface area contributed by atoms with Crippen molar-refractivity contribution in [2.45, 2.75) is 23.9 Å². The number of rotatable bonds is 6. The summed E-state index contributed by atoms with van der Waals surface area (Å²) in [5.74, 6) is 0.544. The van der Waals surface area contributed by atoms with Crippen LogP contribution in [0.15, 0.2) is 64.9 Å². The van der Waals surface area contributed by atoms with E-state index in [0.29, 0.717) is 18.7 Å². The first-order chi connectivity index (χ1) is 13.5. The minimum atomic E-state index is -3.04. The Hall–Kier alpha value is -1.83. The summed E-state index contributed by atoms with van der Waals surface area (Å²) in [6.45, 7) is 0.481. The third-order valence-corrected chi connectivity index (χ3v) is 8.55. The summed E-state index contributed by atoms with van der Waals surface area (Å²) in [5.41, 5.74) is 0. The lowest BCUT2D eigenvalue weighted by Crippen LogP contribution is -2.41. The molecule has 4 nitrogen and oxygen atoms in total. The fourth-order valence-corrected chi connectivity index (χ4v) is 6.76. The van der Waals surface area contributed by atoms with Gasteiger partial charge in [-0.3, -0.25) is 4.79 Å². The van der Waals surface area contributed by atoms with Crippen molar-refractivity contribution in [1.29, 1.82) is 0 Å². The van der Waals surface area contributed by atoms with Crippen molar-refractivity contribution in [1.82, 2.24) is 4.90 Å². The Morgan fingerprint density at radius 1 is 1.11 bits per heavy atom. The number of hydrogen-bond donors (Lipinski definition) is 0. The molecule has 0 bridgehead atoms. The van der Waals surface area contributed by atoms with E-state index in [0.717, 1.165) is 15.2 Å². The van der Waals surface area contributed by atoms with Gasteiger partial charge in [0.2, 0.25) is 5.91 Å². The van der Waals surface area contributed by atoms with Crippen molar-refractivity contribution in [2.24, 2.45) is 0 Å². The molecule has 2 aromatic carbocycles. The number of thioether (sulfide) groups is 1. The molecule has 1 amide bonds. The molecule has 0 radical (unpaired) electrons. The fraction of sp³-hybridized carbons (Fsp3) is 0.286. The van der Waals surface area contributed by atoms with Gasteiger partial charge in [-0.2, -0.15) is 0 Å². The van der Waals surface area contributed by atoms with E-state index < -0.39 is 9.84 Å². The average molecular weight is 432 g/mol. The van der Waals surface area contributed by atoms with Gasteiger partial charge in [0.15, 0.2) is 9.84 Å².